The average molecular weight is 254 g/mol. The van der Waals surface area contributed by atoms with Gasteiger partial charge in [0.25, 0.3) is 0 Å². The number of hydrogen-bond donors (Lipinski definition) is 0. The summed E-state index contributed by atoms with van der Waals surface area (Å²) in [5, 5.41) is 0. The van der Waals surface area contributed by atoms with Crippen molar-refractivity contribution in [3.05, 3.63) is 12.7 Å². The van der Waals surface area contributed by atoms with E-state index in [0.717, 1.165) is 12.8 Å². The fraction of sp³-hybridized carbons (Fsp3) is 0.812. The van der Waals surface area contributed by atoms with E-state index in [1.54, 1.807) is 0 Å². The summed E-state index contributed by atoms with van der Waals surface area (Å²) in [5.41, 5.74) is 0. The molecule has 0 aliphatic heterocycles. The minimum Gasteiger partial charge on any atom is -0.469 e. The van der Waals surface area contributed by atoms with Crippen molar-refractivity contribution in [2.45, 2.75) is 71.1 Å². The van der Waals surface area contributed by atoms with Crippen molar-refractivity contribution in [3.8, 4) is 0 Å². The molecule has 0 saturated heterocycles. The SMILES string of the molecule is C=CCCCCCCCCCC(C)CC(=O)OC. The Morgan fingerprint density at radius 1 is 1.11 bits per heavy atom. The zero-order valence-electron chi connectivity index (χ0n) is 12.2. The third-order valence-corrected chi connectivity index (χ3v) is 3.35. The van der Waals surface area contributed by atoms with E-state index in [-0.39, 0.29) is 5.97 Å². The third-order valence-electron chi connectivity index (χ3n) is 3.35. The molecular formula is C16H30O2. The summed E-state index contributed by atoms with van der Waals surface area (Å²) in [6.45, 7) is 5.86. The molecule has 1 atom stereocenters. The van der Waals surface area contributed by atoms with Crippen LogP contribution in [-0.2, 0) is 9.53 Å². The Morgan fingerprint density at radius 2 is 1.67 bits per heavy atom. The molecule has 0 fully saturated rings. The van der Waals surface area contributed by atoms with Crippen LogP contribution in [0.4, 0.5) is 0 Å². The predicted molar refractivity (Wildman–Crippen MR) is 77.5 cm³/mol. The number of carbonyl (C=O) groups is 1. The maximum absolute atomic E-state index is 11.1. The second-order valence-corrected chi connectivity index (χ2v) is 5.23. The molecule has 2 heteroatoms. The molecule has 0 spiro atoms. The van der Waals surface area contributed by atoms with Crippen LogP contribution >= 0.6 is 0 Å². The Morgan fingerprint density at radius 3 is 2.22 bits per heavy atom. The van der Waals surface area contributed by atoms with Gasteiger partial charge < -0.3 is 4.74 Å². The molecule has 0 aromatic rings. The number of methoxy groups -OCH3 is 1. The number of rotatable bonds is 12. The van der Waals surface area contributed by atoms with Gasteiger partial charge in [-0.25, -0.2) is 0 Å². The third kappa shape index (κ3) is 11.7. The monoisotopic (exact) mass is 254 g/mol. The predicted octanol–water partition coefficient (Wildman–Crippen LogP) is 4.88. The van der Waals surface area contributed by atoms with E-state index in [2.05, 4.69) is 18.2 Å². The second-order valence-electron chi connectivity index (χ2n) is 5.23. The van der Waals surface area contributed by atoms with E-state index in [1.165, 1.54) is 52.1 Å². The quantitative estimate of drug-likeness (QED) is 0.282. The molecule has 106 valence electrons. The van der Waals surface area contributed by atoms with Gasteiger partial charge in [0, 0.05) is 6.42 Å². The van der Waals surface area contributed by atoms with Crippen molar-refractivity contribution in [2.24, 2.45) is 5.92 Å². The number of hydrogen-bond acceptors (Lipinski definition) is 2. The van der Waals surface area contributed by atoms with Crippen LogP contribution in [0.2, 0.25) is 0 Å². The van der Waals surface area contributed by atoms with Crippen molar-refractivity contribution in [2.75, 3.05) is 7.11 Å². The molecule has 0 saturated carbocycles. The first kappa shape index (κ1) is 17.2. The zero-order valence-corrected chi connectivity index (χ0v) is 12.2. The fourth-order valence-corrected chi connectivity index (χ4v) is 2.14. The van der Waals surface area contributed by atoms with E-state index in [4.69, 9.17) is 0 Å². The molecular weight excluding hydrogens is 224 g/mol. The van der Waals surface area contributed by atoms with E-state index < -0.39 is 0 Å². The van der Waals surface area contributed by atoms with Crippen LogP contribution in [0.25, 0.3) is 0 Å². The molecule has 0 radical (unpaired) electrons. The fourth-order valence-electron chi connectivity index (χ4n) is 2.14. The Balaban J connectivity index is 3.19. The van der Waals surface area contributed by atoms with E-state index in [1.807, 2.05) is 6.08 Å². The summed E-state index contributed by atoms with van der Waals surface area (Å²) in [6.07, 6.45) is 14.1. The van der Waals surface area contributed by atoms with Crippen LogP contribution in [0.3, 0.4) is 0 Å². The highest BCUT2D eigenvalue weighted by atomic mass is 16.5. The smallest absolute Gasteiger partial charge is 0.305 e. The molecule has 1 unspecified atom stereocenters. The van der Waals surface area contributed by atoms with Crippen molar-refractivity contribution >= 4 is 5.97 Å². The highest BCUT2D eigenvalue weighted by Crippen LogP contribution is 2.15. The minimum atomic E-state index is -0.0790. The maximum atomic E-state index is 11.1. The first-order chi connectivity index (χ1) is 8.70. The number of allylic oxidation sites excluding steroid dienone is 1. The number of ether oxygens (including phenoxy) is 1. The lowest BCUT2D eigenvalue weighted by molar-refractivity contribution is -0.141. The average Bonchev–Trinajstić information content (AvgIpc) is 2.36. The Hall–Kier alpha value is -0.790. The van der Waals surface area contributed by atoms with Gasteiger partial charge in [-0.15, -0.1) is 6.58 Å². The molecule has 0 bridgehead atoms. The second kappa shape index (κ2) is 12.7. The van der Waals surface area contributed by atoms with Crippen LogP contribution in [0.5, 0.6) is 0 Å². The summed E-state index contributed by atoms with van der Waals surface area (Å²) in [5.74, 6) is 0.384. The first-order valence-corrected chi connectivity index (χ1v) is 7.38. The molecule has 2 nitrogen and oxygen atoms in total. The van der Waals surface area contributed by atoms with Crippen molar-refractivity contribution in [1.29, 1.82) is 0 Å². The molecule has 0 aliphatic rings. The molecule has 0 rings (SSSR count). The molecule has 0 aromatic heterocycles. The van der Waals surface area contributed by atoms with Gasteiger partial charge in [0.15, 0.2) is 0 Å². The lowest BCUT2D eigenvalue weighted by Gasteiger charge is -2.09. The lowest BCUT2D eigenvalue weighted by atomic mass is 9.99. The van der Waals surface area contributed by atoms with E-state index >= 15 is 0 Å². The lowest BCUT2D eigenvalue weighted by Crippen LogP contribution is -2.06. The van der Waals surface area contributed by atoms with Gasteiger partial charge in [-0.2, -0.15) is 0 Å². The number of esters is 1. The van der Waals surface area contributed by atoms with Gasteiger partial charge >= 0.3 is 5.97 Å². The van der Waals surface area contributed by atoms with E-state index in [9.17, 15) is 4.79 Å². The highest BCUT2D eigenvalue weighted by molar-refractivity contribution is 5.69. The topological polar surface area (TPSA) is 26.3 Å². The first-order valence-electron chi connectivity index (χ1n) is 7.38. The Kier molecular flexibility index (Phi) is 12.1. The van der Waals surface area contributed by atoms with Crippen LogP contribution in [0, 0.1) is 5.92 Å². The van der Waals surface area contributed by atoms with Crippen LogP contribution in [0.1, 0.15) is 71.1 Å². The standard InChI is InChI=1S/C16H30O2/c1-4-5-6-7-8-9-10-11-12-13-15(2)14-16(17)18-3/h4,15H,1,5-14H2,2-3H3. The molecule has 0 aliphatic carbocycles. The summed E-state index contributed by atoms with van der Waals surface area (Å²) >= 11 is 0. The van der Waals surface area contributed by atoms with Crippen LogP contribution in [0.15, 0.2) is 12.7 Å². The van der Waals surface area contributed by atoms with Gasteiger partial charge in [-0.3, -0.25) is 4.79 Å². The Labute approximate surface area is 113 Å². The summed E-state index contributed by atoms with van der Waals surface area (Å²) in [6, 6.07) is 0. The minimum absolute atomic E-state index is 0.0790. The van der Waals surface area contributed by atoms with Gasteiger partial charge in [0.05, 0.1) is 7.11 Å². The van der Waals surface area contributed by atoms with Gasteiger partial charge in [-0.05, 0) is 18.8 Å². The van der Waals surface area contributed by atoms with Crippen molar-refractivity contribution in [1.82, 2.24) is 0 Å². The van der Waals surface area contributed by atoms with Crippen molar-refractivity contribution in [3.63, 3.8) is 0 Å². The largest absolute Gasteiger partial charge is 0.469 e. The van der Waals surface area contributed by atoms with Crippen LogP contribution < -0.4 is 0 Å². The summed E-state index contributed by atoms with van der Waals surface area (Å²) in [4.78, 5) is 11.1. The number of unbranched alkanes of at least 4 members (excludes halogenated alkanes) is 7. The molecule has 18 heavy (non-hydrogen) atoms. The van der Waals surface area contributed by atoms with Gasteiger partial charge in [-0.1, -0.05) is 57.9 Å². The van der Waals surface area contributed by atoms with E-state index in [0.29, 0.717) is 12.3 Å². The van der Waals surface area contributed by atoms with Gasteiger partial charge in [0.1, 0.15) is 0 Å². The molecule has 0 heterocycles. The zero-order chi connectivity index (χ0) is 13.6. The number of carbonyl (C=O) groups excluding carboxylic acids is 1. The molecule has 0 amide bonds. The highest BCUT2D eigenvalue weighted by Gasteiger charge is 2.08. The van der Waals surface area contributed by atoms with Crippen molar-refractivity contribution < 1.29 is 9.53 Å². The normalized spacial score (nSPS) is 12.1. The molecule has 0 N–H and O–H groups in total. The maximum Gasteiger partial charge on any atom is 0.305 e. The Bertz CT molecular complexity index is 211. The summed E-state index contributed by atoms with van der Waals surface area (Å²) < 4.78 is 4.67. The summed E-state index contributed by atoms with van der Waals surface area (Å²) in [7, 11) is 1.46. The molecule has 0 aromatic carbocycles. The van der Waals surface area contributed by atoms with Crippen LogP contribution in [-0.4, -0.2) is 13.1 Å². The van der Waals surface area contributed by atoms with Gasteiger partial charge in [0.2, 0.25) is 0 Å².